The highest BCUT2D eigenvalue weighted by Gasteiger charge is 2.23. The van der Waals surface area contributed by atoms with Crippen molar-refractivity contribution in [3.05, 3.63) is 88.1 Å². The summed E-state index contributed by atoms with van der Waals surface area (Å²) in [6.07, 6.45) is 5.57. The van der Waals surface area contributed by atoms with Gasteiger partial charge in [-0.1, -0.05) is 18.2 Å². The van der Waals surface area contributed by atoms with Gasteiger partial charge in [-0.25, -0.2) is 9.97 Å². The largest absolute Gasteiger partial charge is 0.497 e. The summed E-state index contributed by atoms with van der Waals surface area (Å²) in [4.78, 5) is 24.2. The quantitative estimate of drug-likeness (QED) is 0.335. The Balaban J connectivity index is 1.25. The second-order valence-electron chi connectivity index (χ2n) is 8.79. The Hall–Kier alpha value is -3.71. The van der Waals surface area contributed by atoms with E-state index in [4.69, 9.17) is 4.74 Å². The van der Waals surface area contributed by atoms with E-state index in [2.05, 4.69) is 39.6 Å². The molecule has 0 radical (unpaired) electrons. The number of nitrogens with one attached hydrogen (secondary N) is 1. The summed E-state index contributed by atoms with van der Waals surface area (Å²) in [6.45, 7) is 4.10. The molecular formula is C28H28N4O2S. The highest BCUT2D eigenvalue weighted by molar-refractivity contribution is 7.16. The molecule has 1 N–H and O–H groups in total. The van der Waals surface area contributed by atoms with E-state index >= 15 is 0 Å². The third-order valence-corrected chi connectivity index (χ3v) is 7.07. The number of methoxy groups -OCH3 is 1. The van der Waals surface area contributed by atoms with Crippen molar-refractivity contribution in [2.24, 2.45) is 0 Å². The van der Waals surface area contributed by atoms with Crippen LogP contribution in [0.1, 0.15) is 35.1 Å². The number of fused-ring (bicyclic) bond motifs is 1. The number of carbonyl (C=O) groups is 1. The van der Waals surface area contributed by atoms with Crippen LogP contribution in [0, 0.1) is 6.92 Å². The Morgan fingerprint density at radius 3 is 2.74 bits per heavy atom. The van der Waals surface area contributed by atoms with E-state index in [9.17, 15) is 4.79 Å². The molecule has 0 spiro atoms. The lowest BCUT2D eigenvalue weighted by Gasteiger charge is -2.28. The van der Waals surface area contributed by atoms with Crippen LogP contribution in [0.4, 0.5) is 5.82 Å². The monoisotopic (exact) mass is 484 g/mol. The number of pyridine rings is 1. The zero-order chi connectivity index (χ0) is 24.2. The fraction of sp³-hybridized carbons (Fsp3) is 0.250. The normalized spacial score (nSPS) is 15.1. The predicted octanol–water partition coefficient (Wildman–Crippen LogP) is 5.83. The van der Waals surface area contributed by atoms with Crippen molar-refractivity contribution in [3.8, 4) is 5.75 Å². The van der Waals surface area contributed by atoms with Crippen molar-refractivity contribution in [1.29, 1.82) is 0 Å². The molecule has 178 valence electrons. The van der Waals surface area contributed by atoms with Crippen LogP contribution in [-0.4, -0.2) is 34.4 Å². The number of anilines is 1. The van der Waals surface area contributed by atoms with Gasteiger partial charge in [0.15, 0.2) is 0 Å². The smallest absolute Gasteiger partial charge is 0.250 e. The van der Waals surface area contributed by atoms with E-state index in [1.54, 1.807) is 18.4 Å². The third-order valence-electron chi connectivity index (χ3n) is 6.26. The third kappa shape index (κ3) is 5.35. The zero-order valence-corrected chi connectivity index (χ0v) is 20.8. The Morgan fingerprint density at radius 2 is 1.94 bits per heavy atom. The maximum atomic E-state index is 13.2. The lowest BCUT2D eigenvalue weighted by molar-refractivity contribution is -0.129. The average molecular weight is 485 g/mol. The van der Waals surface area contributed by atoms with E-state index in [0.29, 0.717) is 13.1 Å². The molecule has 2 aromatic heterocycles. The van der Waals surface area contributed by atoms with Crippen molar-refractivity contribution in [3.63, 3.8) is 0 Å². The average Bonchev–Trinajstić information content (AvgIpc) is 3.34. The molecule has 4 aromatic rings. The maximum absolute atomic E-state index is 13.2. The standard InChI is InChI=1S/C28H28N4O2S/c1-19-12-22(16-30-27(19)29-15-20-5-8-24(34-2)9-6-20)13-23-4-3-11-32(28(23)33)17-21-7-10-26-25(14-21)31-18-35-26/h5-10,12-14,16,18H,3-4,11,15,17H2,1-2H3,(H,29,30). The number of amides is 1. The summed E-state index contributed by atoms with van der Waals surface area (Å²) in [7, 11) is 1.67. The Kier molecular flexibility index (Phi) is 6.77. The molecule has 1 amide bonds. The van der Waals surface area contributed by atoms with Crippen LogP contribution in [-0.2, 0) is 17.9 Å². The Bertz CT molecular complexity index is 1380. The molecule has 1 aliphatic heterocycles. The van der Waals surface area contributed by atoms with Crippen LogP contribution in [0.15, 0.2) is 65.8 Å². The van der Waals surface area contributed by atoms with Crippen LogP contribution < -0.4 is 10.1 Å². The number of benzene rings is 2. The number of thiazole rings is 1. The number of rotatable bonds is 7. The van der Waals surface area contributed by atoms with E-state index in [1.165, 1.54) is 4.70 Å². The minimum absolute atomic E-state index is 0.106. The minimum atomic E-state index is 0.106. The molecule has 0 saturated carbocycles. The number of aromatic nitrogens is 2. The van der Waals surface area contributed by atoms with Crippen molar-refractivity contribution < 1.29 is 9.53 Å². The molecule has 35 heavy (non-hydrogen) atoms. The van der Waals surface area contributed by atoms with E-state index < -0.39 is 0 Å². The van der Waals surface area contributed by atoms with Crippen LogP contribution >= 0.6 is 11.3 Å². The van der Waals surface area contributed by atoms with Crippen molar-refractivity contribution >= 4 is 39.4 Å². The molecule has 3 heterocycles. The fourth-order valence-electron chi connectivity index (χ4n) is 4.37. The number of hydrogen-bond donors (Lipinski definition) is 1. The van der Waals surface area contributed by atoms with Gasteiger partial charge in [-0.05, 0) is 78.4 Å². The molecule has 1 fully saturated rings. The van der Waals surface area contributed by atoms with Crippen LogP contribution in [0.3, 0.4) is 0 Å². The molecular weight excluding hydrogens is 456 g/mol. The Morgan fingerprint density at radius 1 is 1.11 bits per heavy atom. The number of piperidine rings is 1. The Labute approximate surface area is 209 Å². The molecule has 0 bridgehead atoms. The molecule has 0 aliphatic carbocycles. The molecule has 2 aromatic carbocycles. The molecule has 1 saturated heterocycles. The first-order valence-electron chi connectivity index (χ1n) is 11.7. The van der Waals surface area contributed by atoms with Crippen molar-refractivity contribution in [2.45, 2.75) is 32.9 Å². The number of nitrogens with zero attached hydrogens (tertiary/aromatic N) is 3. The van der Waals surface area contributed by atoms with Gasteiger partial charge in [-0.3, -0.25) is 4.79 Å². The second-order valence-corrected chi connectivity index (χ2v) is 9.68. The first kappa shape index (κ1) is 23.1. The van der Waals surface area contributed by atoms with Crippen LogP contribution in [0.5, 0.6) is 5.75 Å². The molecule has 0 atom stereocenters. The summed E-state index contributed by atoms with van der Waals surface area (Å²) < 4.78 is 6.39. The minimum Gasteiger partial charge on any atom is -0.497 e. The van der Waals surface area contributed by atoms with E-state index in [0.717, 1.165) is 64.3 Å². The van der Waals surface area contributed by atoms with Gasteiger partial charge >= 0.3 is 0 Å². The highest BCUT2D eigenvalue weighted by atomic mass is 32.1. The van der Waals surface area contributed by atoms with Gasteiger partial charge in [-0.15, -0.1) is 11.3 Å². The van der Waals surface area contributed by atoms with Gasteiger partial charge < -0.3 is 15.0 Å². The first-order valence-corrected chi connectivity index (χ1v) is 12.6. The predicted molar refractivity (Wildman–Crippen MR) is 142 cm³/mol. The van der Waals surface area contributed by atoms with Crippen LogP contribution in [0.25, 0.3) is 16.3 Å². The fourth-order valence-corrected chi connectivity index (χ4v) is 5.03. The van der Waals surface area contributed by atoms with Gasteiger partial charge in [-0.2, -0.15) is 0 Å². The van der Waals surface area contributed by atoms with Gasteiger partial charge in [0.05, 0.1) is 22.8 Å². The van der Waals surface area contributed by atoms with Gasteiger partial charge in [0.1, 0.15) is 11.6 Å². The lowest BCUT2D eigenvalue weighted by atomic mass is 10.00. The molecule has 0 unspecified atom stereocenters. The van der Waals surface area contributed by atoms with Crippen molar-refractivity contribution in [2.75, 3.05) is 19.0 Å². The first-order chi connectivity index (χ1) is 17.1. The summed E-state index contributed by atoms with van der Waals surface area (Å²) in [5.74, 6) is 1.79. The summed E-state index contributed by atoms with van der Waals surface area (Å²) in [5.41, 5.74) is 7.96. The van der Waals surface area contributed by atoms with E-state index in [-0.39, 0.29) is 5.91 Å². The summed E-state index contributed by atoms with van der Waals surface area (Å²) >= 11 is 1.63. The molecule has 7 heteroatoms. The van der Waals surface area contributed by atoms with E-state index in [1.807, 2.05) is 53.9 Å². The lowest BCUT2D eigenvalue weighted by Crippen LogP contribution is -2.36. The number of carbonyl (C=O) groups excluding carboxylic acids is 1. The second kappa shape index (κ2) is 10.3. The van der Waals surface area contributed by atoms with Gasteiger partial charge in [0.25, 0.3) is 0 Å². The molecule has 1 aliphatic rings. The number of likely N-dealkylation sites (tertiary alicyclic amines) is 1. The highest BCUT2D eigenvalue weighted by Crippen LogP contribution is 2.25. The van der Waals surface area contributed by atoms with Crippen LogP contribution in [0.2, 0.25) is 0 Å². The summed E-state index contributed by atoms with van der Waals surface area (Å²) in [5, 5.41) is 3.40. The number of hydrogen-bond acceptors (Lipinski definition) is 6. The zero-order valence-electron chi connectivity index (χ0n) is 20.0. The van der Waals surface area contributed by atoms with Gasteiger partial charge in [0.2, 0.25) is 5.91 Å². The molecule has 6 nitrogen and oxygen atoms in total. The topological polar surface area (TPSA) is 67.3 Å². The summed E-state index contributed by atoms with van der Waals surface area (Å²) in [6, 6.07) is 16.3. The molecule has 5 rings (SSSR count). The number of aryl methyl sites for hydroxylation is 1. The maximum Gasteiger partial charge on any atom is 0.250 e. The number of ether oxygens (including phenoxy) is 1. The van der Waals surface area contributed by atoms with Gasteiger partial charge in [0, 0.05) is 31.4 Å². The SMILES string of the molecule is COc1ccc(CNc2ncc(C=C3CCCN(Cc4ccc5scnc5c4)C3=O)cc2C)cc1. The van der Waals surface area contributed by atoms with Crippen molar-refractivity contribution in [1.82, 2.24) is 14.9 Å².